The summed E-state index contributed by atoms with van der Waals surface area (Å²) in [4.78, 5) is 28.6. The molecule has 7 nitrogen and oxygen atoms in total. The highest BCUT2D eigenvalue weighted by Gasteiger charge is 2.29. The smallest absolute Gasteiger partial charge is 0.319 e. The number of nitrogens with one attached hydrogen (secondary N) is 4. The fraction of sp³-hybridized carbons (Fsp3) is 0.278. The molecule has 1 atom stereocenters. The highest BCUT2D eigenvalue weighted by Crippen LogP contribution is 2.16. The van der Waals surface area contributed by atoms with Crippen LogP contribution in [0.25, 0.3) is 0 Å². The number of urea groups is 1. The summed E-state index contributed by atoms with van der Waals surface area (Å²) in [6.07, 6.45) is 2.33. The van der Waals surface area contributed by atoms with E-state index in [2.05, 4.69) is 26.3 Å². The van der Waals surface area contributed by atoms with Gasteiger partial charge in [-0.25, -0.2) is 9.78 Å². The first-order valence-electron chi connectivity index (χ1n) is 8.26. The van der Waals surface area contributed by atoms with Gasteiger partial charge < -0.3 is 21.3 Å². The maximum atomic E-state index is 12.3. The van der Waals surface area contributed by atoms with E-state index >= 15 is 0 Å². The zero-order valence-corrected chi connectivity index (χ0v) is 15.1. The molecule has 0 spiro atoms. The van der Waals surface area contributed by atoms with Crippen molar-refractivity contribution in [2.45, 2.75) is 18.9 Å². The van der Waals surface area contributed by atoms with Crippen LogP contribution >= 0.6 is 11.6 Å². The average molecular weight is 374 g/mol. The molecule has 26 heavy (non-hydrogen) atoms. The van der Waals surface area contributed by atoms with E-state index in [0.29, 0.717) is 22.1 Å². The molecule has 0 saturated carbocycles. The molecule has 1 aromatic carbocycles. The molecule has 2 heterocycles. The van der Waals surface area contributed by atoms with E-state index in [9.17, 15) is 9.59 Å². The van der Waals surface area contributed by atoms with Gasteiger partial charge in [0.15, 0.2) is 0 Å². The van der Waals surface area contributed by atoms with Crippen molar-refractivity contribution in [2.24, 2.45) is 0 Å². The Kier molecular flexibility index (Phi) is 5.39. The van der Waals surface area contributed by atoms with Crippen LogP contribution in [0.2, 0.25) is 5.02 Å². The van der Waals surface area contributed by atoms with Gasteiger partial charge >= 0.3 is 6.03 Å². The van der Waals surface area contributed by atoms with E-state index in [1.165, 1.54) is 6.20 Å². The van der Waals surface area contributed by atoms with Gasteiger partial charge in [0, 0.05) is 24.0 Å². The Balaban J connectivity index is 1.62. The lowest BCUT2D eigenvalue weighted by molar-refractivity contribution is 0.102. The molecular weight excluding hydrogens is 354 g/mol. The summed E-state index contributed by atoms with van der Waals surface area (Å²) in [6, 6.07) is 9.67. The number of nitrogens with zero attached hydrogens (tertiary/aromatic N) is 1. The van der Waals surface area contributed by atoms with Crippen molar-refractivity contribution in [1.82, 2.24) is 15.6 Å². The van der Waals surface area contributed by atoms with Crippen molar-refractivity contribution < 1.29 is 9.59 Å². The van der Waals surface area contributed by atoms with Gasteiger partial charge in [-0.1, -0.05) is 17.7 Å². The molecule has 1 aromatic heterocycles. The summed E-state index contributed by atoms with van der Waals surface area (Å²) in [5.74, 6) is 0.0769. The van der Waals surface area contributed by atoms with E-state index in [-0.39, 0.29) is 17.5 Å². The van der Waals surface area contributed by atoms with Gasteiger partial charge in [0.25, 0.3) is 5.91 Å². The number of carbonyl (C=O) groups is 2. The molecule has 2 aromatic rings. The van der Waals surface area contributed by atoms with Crippen molar-refractivity contribution in [1.29, 1.82) is 0 Å². The summed E-state index contributed by atoms with van der Waals surface area (Å²) in [5, 5.41) is 12.1. The van der Waals surface area contributed by atoms with Crippen molar-refractivity contribution in [3.05, 3.63) is 53.2 Å². The van der Waals surface area contributed by atoms with Crippen molar-refractivity contribution in [3.63, 3.8) is 0 Å². The normalized spacial score (nSPS) is 19.0. The van der Waals surface area contributed by atoms with Crippen LogP contribution in [0.3, 0.4) is 0 Å². The second-order valence-electron chi connectivity index (χ2n) is 6.46. The zero-order chi connectivity index (χ0) is 18.6. The number of hydrogen-bond donors (Lipinski definition) is 4. The van der Waals surface area contributed by atoms with Gasteiger partial charge in [0.2, 0.25) is 0 Å². The number of amides is 3. The zero-order valence-electron chi connectivity index (χ0n) is 14.3. The van der Waals surface area contributed by atoms with Crippen LogP contribution in [0.1, 0.15) is 23.7 Å². The van der Waals surface area contributed by atoms with Crippen LogP contribution in [0.4, 0.5) is 16.3 Å². The minimum absolute atomic E-state index is 0.265. The van der Waals surface area contributed by atoms with Crippen LogP contribution in [0.15, 0.2) is 42.6 Å². The Morgan fingerprint density at radius 2 is 2.08 bits per heavy atom. The number of anilines is 2. The summed E-state index contributed by atoms with van der Waals surface area (Å²) in [7, 11) is 0. The van der Waals surface area contributed by atoms with Gasteiger partial charge in [-0.2, -0.15) is 0 Å². The molecule has 1 fully saturated rings. The molecule has 0 aliphatic carbocycles. The van der Waals surface area contributed by atoms with Gasteiger partial charge in [0.1, 0.15) is 5.82 Å². The summed E-state index contributed by atoms with van der Waals surface area (Å²) < 4.78 is 0. The van der Waals surface area contributed by atoms with E-state index in [0.717, 1.165) is 19.5 Å². The Morgan fingerprint density at radius 3 is 2.77 bits per heavy atom. The fourth-order valence-corrected chi connectivity index (χ4v) is 2.85. The molecule has 1 saturated heterocycles. The number of benzene rings is 1. The van der Waals surface area contributed by atoms with E-state index in [4.69, 9.17) is 11.6 Å². The first-order chi connectivity index (χ1) is 12.4. The number of pyridine rings is 1. The van der Waals surface area contributed by atoms with Gasteiger partial charge in [-0.05, 0) is 50.2 Å². The van der Waals surface area contributed by atoms with Gasteiger partial charge in [-0.3, -0.25) is 4.79 Å². The number of aromatic nitrogens is 1. The third-order valence-corrected chi connectivity index (χ3v) is 4.36. The minimum Gasteiger partial charge on any atom is -0.331 e. The summed E-state index contributed by atoms with van der Waals surface area (Å²) in [6.45, 7) is 3.61. The number of rotatable bonds is 4. The van der Waals surface area contributed by atoms with Crippen molar-refractivity contribution in [2.75, 3.05) is 23.7 Å². The lowest BCUT2D eigenvalue weighted by atomic mass is 10.0. The molecule has 3 amide bonds. The maximum absolute atomic E-state index is 12.3. The molecule has 3 rings (SSSR count). The average Bonchev–Trinajstić information content (AvgIpc) is 3.03. The SMILES string of the molecule is CC1(NC(=O)Nc2cccc(C(=O)Nc3ccc(Cl)cn3)c2)CCNC1. The molecule has 1 unspecified atom stereocenters. The van der Waals surface area contributed by atoms with Crippen LogP contribution in [0.5, 0.6) is 0 Å². The summed E-state index contributed by atoms with van der Waals surface area (Å²) in [5.41, 5.74) is 0.682. The van der Waals surface area contributed by atoms with Gasteiger partial charge in [-0.15, -0.1) is 0 Å². The molecular formula is C18H20ClN5O2. The third kappa shape index (κ3) is 4.71. The Labute approximate surface area is 156 Å². The highest BCUT2D eigenvalue weighted by atomic mass is 35.5. The molecule has 0 radical (unpaired) electrons. The third-order valence-electron chi connectivity index (χ3n) is 4.14. The predicted octanol–water partition coefficient (Wildman–Crippen LogP) is 2.86. The predicted molar refractivity (Wildman–Crippen MR) is 102 cm³/mol. The Hall–Kier alpha value is -2.64. The molecule has 1 aliphatic heterocycles. The second kappa shape index (κ2) is 7.72. The lowest BCUT2D eigenvalue weighted by Crippen LogP contribution is -2.49. The largest absolute Gasteiger partial charge is 0.331 e. The maximum Gasteiger partial charge on any atom is 0.319 e. The number of carbonyl (C=O) groups excluding carboxylic acids is 2. The quantitative estimate of drug-likeness (QED) is 0.662. The molecule has 4 N–H and O–H groups in total. The van der Waals surface area contributed by atoms with Crippen LogP contribution in [-0.4, -0.2) is 35.6 Å². The monoisotopic (exact) mass is 373 g/mol. The van der Waals surface area contributed by atoms with Crippen molar-refractivity contribution >= 4 is 35.0 Å². The first kappa shape index (κ1) is 18.2. The minimum atomic E-state index is -0.323. The lowest BCUT2D eigenvalue weighted by Gasteiger charge is -2.24. The number of hydrogen-bond acceptors (Lipinski definition) is 4. The second-order valence-corrected chi connectivity index (χ2v) is 6.90. The van der Waals surface area contributed by atoms with Crippen LogP contribution < -0.4 is 21.3 Å². The van der Waals surface area contributed by atoms with E-state index < -0.39 is 0 Å². The number of halogens is 1. The van der Waals surface area contributed by atoms with Gasteiger partial charge in [0.05, 0.1) is 10.6 Å². The Bertz CT molecular complexity index is 803. The van der Waals surface area contributed by atoms with Crippen molar-refractivity contribution in [3.8, 4) is 0 Å². The topological polar surface area (TPSA) is 95.2 Å². The molecule has 136 valence electrons. The molecule has 1 aliphatic rings. The summed E-state index contributed by atoms with van der Waals surface area (Å²) >= 11 is 5.78. The highest BCUT2D eigenvalue weighted by molar-refractivity contribution is 6.30. The fourth-order valence-electron chi connectivity index (χ4n) is 2.74. The van der Waals surface area contributed by atoms with E-state index in [1.807, 2.05) is 6.92 Å². The standard InChI is InChI=1S/C18H20ClN5O2/c1-18(7-8-20-11-18)24-17(26)22-14-4-2-3-12(9-14)16(25)23-15-6-5-13(19)10-21-15/h2-6,9-10,20H,7-8,11H2,1H3,(H,21,23,25)(H2,22,24,26). The first-order valence-corrected chi connectivity index (χ1v) is 8.64. The van der Waals surface area contributed by atoms with Crippen LogP contribution in [0, 0.1) is 0 Å². The molecule has 8 heteroatoms. The Morgan fingerprint density at radius 1 is 1.23 bits per heavy atom. The molecule has 0 bridgehead atoms. The van der Waals surface area contributed by atoms with E-state index in [1.54, 1.807) is 36.4 Å². The van der Waals surface area contributed by atoms with Crippen LogP contribution in [-0.2, 0) is 0 Å².